The van der Waals surface area contributed by atoms with Gasteiger partial charge < -0.3 is 39.4 Å². The third-order valence-electron chi connectivity index (χ3n) is 5.63. The molecule has 39 heavy (non-hydrogen) atoms. The molecule has 0 unspecified atom stereocenters. The van der Waals surface area contributed by atoms with E-state index >= 15 is 0 Å². The molecule has 0 saturated carbocycles. The number of H-pyrrole nitrogens is 1. The highest BCUT2D eigenvalue weighted by Crippen LogP contribution is 2.18. The van der Waals surface area contributed by atoms with Gasteiger partial charge in [-0.25, -0.2) is 0 Å². The first-order valence-electron chi connectivity index (χ1n) is 13.2. The zero-order chi connectivity index (χ0) is 28.5. The number of rotatable bonds is 19. The van der Waals surface area contributed by atoms with Crippen molar-refractivity contribution < 1.29 is 28.5 Å². The summed E-state index contributed by atoms with van der Waals surface area (Å²) in [5, 5.41) is 11.2. The van der Waals surface area contributed by atoms with Gasteiger partial charge in [-0.05, 0) is 67.8 Å². The first-order valence-corrected chi connectivity index (χ1v) is 13.2. The summed E-state index contributed by atoms with van der Waals surface area (Å²) >= 11 is 0. The molecule has 0 bridgehead atoms. The Bertz CT molecular complexity index is 1070. The zero-order valence-corrected chi connectivity index (χ0v) is 23.8. The molecule has 1 aromatic carbocycles. The van der Waals surface area contributed by atoms with Crippen LogP contribution in [0.2, 0.25) is 0 Å². The predicted octanol–water partition coefficient (Wildman–Crippen LogP) is 4.77. The lowest BCUT2D eigenvalue weighted by Crippen LogP contribution is -2.21. The number of allylic oxidation sites excluding steroid dienone is 2. The molecule has 0 spiro atoms. The number of aromatic amines is 1. The normalized spacial score (nSPS) is 11.9. The van der Waals surface area contributed by atoms with Crippen LogP contribution >= 0.6 is 0 Å². The number of nitrogens with one attached hydrogen (secondary N) is 3. The van der Waals surface area contributed by atoms with Crippen molar-refractivity contribution in [3.05, 3.63) is 70.7 Å². The van der Waals surface area contributed by atoms with Gasteiger partial charge >= 0.3 is 0 Å². The number of carbonyl (C=O) groups is 1. The molecule has 0 aliphatic heterocycles. The van der Waals surface area contributed by atoms with Gasteiger partial charge in [0, 0.05) is 24.1 Å². The number of ether oxygens (including phenoxy) is 5. The Morgan fingerprint density at radius 1 is 0.974 bits per heavy atom. The van der Waals surface area contributed by atoms with Crippen LogP contribution in [-0.2, 0) is 18.9 Å². The van der Waals surface area contributed by atoms with E-state index in [0.29, 0.717) is 75.6 Å². The van der Waals surface area contributed by atoms with E-state index in [-0.39, 0.29) is 11.8 Å². The standard InChI is InChI=1S/C30H43N3O6/c1-6-7-26(20-25-21-28(32-23(25)4)29(31)22(2)3)33-30(34)24-8-10-27(11-9-24)39-19-18-38-17-16-37-15-14-36-13-12-35-5/h6-11,20-22,31-32H,12-19H2,1-5H3,(H,33,34)/b7-6-,26-20+,31-29?. The highest BCUT2D eigenvalue weighted by Gasteiger charge is 2.12. The number of methoxy groups -OCH3 is 1. The minimum absolute atomic E-state index is 0.121. The van der Waals surface area contributed by atoms with Crippen LogP contribution in [0.25, 0.3) is 6.08 Å². The van der Waals surface area contributed by atoms with Crippen molar-refractivity contribution in [1.29, 1.82) is 5.41 Å². The molecule has 2 rings (SSSR count). The summed E-state index contributed by atoms with van der Waals surface area (Å²) in [5.41, 5.74) is 4.38. The van der Waals surface area contributed by atoms with Gasteiger partial charge in [0.15, 0.2) is 0 Å². The van der Waals surface area contributed by atoms with E-state index in [4.69, 9.17) is 29.1 Å². The van der Waals surface area contributed by atoms with Gasteiger partial charge in [0.2, 0.25) is 0 Å². The van der Waals surface area contributed by atoms with E-state index in [1.54, 1.807) is 31.4 Å². The van der Waals surface area contributed by atoms with E-state index < -0.39 is 0 Å². The van der Waals surface area contributed by atoms with Crippen molar-refractivity contribution in [2.45, 2.75) is 27.7 Å². The van der Waals surface area contributed by atoms with Crippen LogP contribution in [0.1, 0.15) is 48.1 Å². The molecule has 1 aromatic heterocycles. The summed E-state index contributed by atoms with van der Waals surface area (Å²) < 4.78 is 26.9. The Hall–Kier alpha value is -3.24. The Morgan fingerprint density at radius 3 is 2.13 bits per heavy atom. The summed E-state index contributed by atoms with van der Waals surface area (Å²) in [5.74, 6) is 0.560. The van der Waals surface area contributed by atoms with Gasteiger partial charge in [-0.2, -0.15) is 0 Å². The number of hydrogen-bond acceptors (Lipinski definition) is 7. The minimum atomic E-state index is -0.221. The summed E-state index contributed by atoms with van der Waals surface area (Å²) in [7, 11) is 1.64. The topological polar surface area (TPSA) is 115 Å². The average Bonchev–Trinajstić information content (AvgIpc) is 3.28. The van der Waals surface area contributed by atoms with Gasteiger partial charge in [0.05, 0.1) is 57.7 Å². The monoisotopic (exact) mass is 541 g/mol. The van der Waals surface area contributed by atoms with Gasteiger partial charge in [-0.3, -0.25) is 4.79 Å². The van der Waals surface area contributed by atoms with Gasteiger partial charge in [0.1, 0.15) is 12.4 Å². The van der Waals surface area contributed by atoms with Crippen LogP contribution in [0.4, 0.5) is 0 Å². The maximum Gasteiger partial charge on any atom is 0.255 e. The number of aryl methyl sites for hydroxylation is 1. The highest BCUT2D eigenvalue weighted by molar-refractivity contribution is 5.99. The number of hydrogen-bond donors (Lipinski definition) is 3. The zero-order valence-electron chi connectivity index (χ0n) is 23.8. The lowest BCUT2D eigenvalue weighted by atomic mass is 10.1. The first-order chi connectivity index (χ1) is 18.8. The molecule has 0 fully saturated rings. The van der Waals surface area contributed by atoms with Crippen LogP contribution in [0.5, 0.6) is 5.75 Å². The van der Waals surface area contributed by atoms with Crippen molar-refractivity contribution in [3.63, 3.8) is 0 Å². The molecular formula is C30H43N3O6. The minimum Gasteiger partial charge on any atom is -0.491 e. The van der Waals surface area contributed by atoms with E-state index in [9.17, 15) is 4.79 Å². The summed E-state index contributed by atoms with van der Waals surface area (Å²) in [6, 6.07) is 8.93. The molecule has 0 radical (unpaired) electrons. The maximum absolute atomic E-state index is 12.9. The summed E-state index contributed by atoms with van der Waals surface area (Å²) in [6.45, 7) is 11.8. The van der Waals surface area contributed by atoms with E-state index in [1.807, 2.05) is 52.0 Å². The predicted molar refractivity (Wildman–Crippen MR) is 154 cm³/mol. The van der Waals surface area contributed by atoms with Crippen molar-refractivity contribution in [2.75, 3.05) is 60.0 Å². The molecule has 0 aliphatic rings. The van der Waals surface area contributed by atoms with Crippen molar-refractivity contribution in [1.82, 2.24) is 10.3 Å². The SMILES string of the molecule is C/C=C\C(=C/c1cc(C(=N)C(C)C)[nH]c1C)NC(=O)c1ccc(OCCOCCOCCOCCOC)cc1. The molecule has 1 heterocycles. The highest BCUT2D eigenvalue weighted by atomic mass is 16.6. The molecule has 0 atom stereocenters. The number of carbonyl (C=O) groups excluding carboxylic acids is 1. The molecule has 2 aromatic rings. The first kappa shape index (κ1) is 32.0. The molecular weight excluding hydrogens is 498 g/mol. The molecule has 9 nitrogen and oxygen atoms in total. The van der Waals surface area contributed by atoms with Crippen LogP contribution in [0.15, 0.2) is 48.2 Å². The fourth-order valence-corrected chi connectivity index (χ4v) is 3.46. The second-order valence-corrected chi connectivity index (χ2v) is 9.09. The fourth-order valence-electron chi connectivity index (χ4n) is 3.46. The van der Waals surface area contributed by atoms with E-state index in [1.165, 1.54) is 0 Å². The molecule has 3 N–H and O–H groups in total. The van der Waals surface area contributed by atoms with Crippen LogP contribution in [-0.4, -0.2) is 76.6 Å². The summed E-state index contributed by atoms with van der Waals surface area (Å²) in [4.78, 5) is 16.1. The Kier molecular flexibility index (Phi) is 14.9. The van der Waals surface area contributed by atoms with Gasteiger partial charge in [-0.1, -0.05) is 19.9 Å². The Labute approximate surface area is 232 Å². The lowest BCUT2D eigenvalue weighted by Gasteiger charge is -2.10. The fraction of sp³-hybridized carbons (Fsp3) is 0.467. The molecule has 9 heteroatoms. The largest absolute Gasteiger partial charge is 0.491 e. The molecule has 1 amide bonds. The molecule has 214 valence electrons. The smallest absolute Gasteiger partial charge is 0.255 e. The van der Waals surface area contributed by atoms with Gasteiger partial charge in [-0.15, -0.1) is 0 Å². The third kappa shape index (κ3) is 12.0. The lowest BCUT2D eigenvalue weighted by molar-refractivity contribution is 0.000163. The van der Waals surface area contributed by atoms with Gasteiger partial charge in [0.25, 0.3) is 5.91 Å². The Balaban J connectivity index is 1.77. The van der Waals surface area contributed by atoms with Crippen LogP contribution in [0, 0.1) is 18.3 Å². The van der Waals surface area contributed by atoms with E-state index in [2.05, 4.69) is 10.3 Å². The second kappa shape index (κ2) is 18.1. The average molecular weight is 542 g/mol. The number of aromatic nitrogens is 1. The van der Waals surface area contributed by atoms with Crippen LogP contribution in [0.3, 0.4) is 0 Å². The molecule has 0 aliphatic carbocycles. The maximum atomic E-state index is 12.9. The van der Waals surface area contributed by atoms with Crippen molar-refractivity contribution in [3.8, 4) is 5.75 Å². The van der Waals surface area contributed by atoms with E-state index in [0.717, 1.165) is 17.0 Å². The van der Waals surface area contributed by atoms with Crippen LogP contribution < -0.4 is 10.1 Å². The number of amides is 1. The third-order valence-corrected chi connectivity index (χ3v) is 5.63. The second-order valence-electron chi connectivity index (χ2n) is 9.09. The summed E-state index contributed by atoms with van der Waals surface area (Å²) in [6.07, 6.45) is 5.62. The molecule has 0 saturated heterocycles. The number of benzene rings is 1. The Morgan fingerprint density at radius 2 is 1.56 bits per heavy atom. The van der Waals surface area contributed by atoms with Crippen molar-refractivity contribution in [2.24, 2.45) is 5.92 Å². The quantitative estimate of drug-likeness (QED) is 0.134. The van der Waals surface area contributed by atoms with Crippen molar-refractivity contribution >= 4 is 17.7 Å².